The van der Waals surface area contributed by atoms with Gasteiger partial charge >= 0.3 is 11.9 Å². The van der Waals surface area contributed by atoms with Crippen molar-refractivity contribution in [3.05, 3.63) is 30.3 Å². The Kier molecular flexibility index (Phi) is 5.70. The van der Waals surface area contributed by atoms with E-state index in [0.29, 0.717) is 13.1 Å². The van der Waals surface area contributed by atoms with Gasteiger partial charge in [0.15, 0.2) is 0 Å². The van der Waals surface area contributed by atoms with Crippen LogP contribution in [0.2, 0.25) is 0 Å². The maximum Gasteiger partial charge on any atom is 0.305 e. The zero-order chi connectivity index (χ0) is 13.4. The summed E-state index contributed by atoms with van der Waals surface area (Å²) >= 11 is 0. The largest absolute Gasteiger partial charge is 0.481 e. The second kappa shape index (κ2) is 7.32. The molecule has 98 valence electrons. The molecule has 1 aromatic rings. The highest BCUT2D eigenvalue weighted by molar-refractivity contribution is 5.68. The molecular weight excluding hydrogens is 234 g/mol. The van der Waals surface area contributed by atoms with Gasteiger partial charge in [0.2, 0.25) is 0 Å². The normalized spacial score (nSPS) is 9.83. The molecule has 5 nitrogen and oxygen atoms in total. The van der Waals surface area contributed by atoms with Gasteiger partial charge in [0.1, 0.15) is 6.61 Å². The van der Waals surface area contributed by atoms with Crippen molar-refractivity contribution in [3.8, 4) is 0 Å². The Morgan fingerprint density at radius 1 is 1.22 bits per heavy atom. The number of hydrogen-bond donors (Lipinski definition) is 1. The van der Waals surface area contributed by atoms with Gasteiger partial charge in [-0.1, -0.05) is 18.2 Å². The molecule has 0 bridgehead atoms. The maximum atomic E-state index is 10.7. The number of carbonyl (C=O) groups excluding carboxylic acids is 1. The monoisotopic (exact) mass is 251 g/mol. The molecule has 18 heavy (non-hydrogen) atoms. The van der Waals surface area contributed by atoms with E-state index in [-0.39, 0.29) is 19.0 Å². The minimum absolute atomic E-state index is 0.0506. The first-order chi connectivity index (χ1) is 8.59. The predicted molar refractivity (Wildman–Crippen MR) is 67.5 cm³/mol. The van der Waals surface area contributed by atoms with Crippen LogP contribution in [0.3, 0.4) is 0 Å². The Morgan fingerprint density at radius 3 is 2.44 bits per heavy atom. The van der Waals surface area contributed by atoms with Crippen LogP contribution in [0.25, 0.3) is 0 Å². The zero-order valence-electron chi connectivity index (χ0n) is 10.3. The summed E-state index contributed by atoms with van der Waals surface area (Å²) in [6.07, 6.45) is 0.0506. The number of hydrogen-bond acceptors (Lipinski definition) is 4. The molecule has 0 radical (unpaired) electrons. The van der Waals surface area contributed by atoms with E-state index in [2.05, 4.69) is 0 Å². The van der Waals surface area contributed by atoms with Crippen LogP contribution in [0.1, 0.15) is 13.3 Å². The van der Waals surface area contributed by atoms with Crippen molar-refractivity contribution in [2.45, 2.75) is 13.3 Å². The lowest BCUT2D eigenvalue weighted by atomic mass is 10.2. The number of rotatable bonds is 7. The van der Waals surface area contributed by atoms with Gasteiger partial charge in [0.25, 0.3) is 0 Å². The number of para-hydroxylation sites is 1. The summed E-state index contributed by atoms with van der Waals surface area (Å²) in [6.45, 7) is 2.48. The van der Waals surface area contributed by atoms with Crippen LogP contribution in [-0.4, -0.2) is 36.7 Å². The third-order valence-electron chi connectivity index (χ3n) is 2.38. The second-order valence-corrected chi connectivity index (χ2v) is 3.81. The Morgan fingerprint density at radius 2 is 1.89 bits per heavy atom. The third-order valence-corrected chi connectivity index (χ3v) is 2.38. The molecule has 1 aromatic carbocycles. The number of carbonyl (C=O) groups is 2. The summed E-state index contributed by atoms with van der Waals surface area (Å²) < 4.78 is 4.87. The van der Waals surface area contributed by atoms with E-state index in [1.807, 2.05) is 35.2 Å². The summed E-state index contributed by atoms with van der Waals surface area (Å²) in [4.78, 5) is 23.2. The molecule has 0 amide bonds. The highest BCUT2D eigenvalue weighted by Crippen LogP contribution is 2.13. The van der Waals surface area contributed by atoms with Crippen LogP contribution >= 0.6 is 0 Å². The average molecular weight is 251 g/mol. The summed E-state index contributed by atoms with van der Waals surface area (Å²) in [5, 5.41) is 8.71. The van der Waals surface area contributed by atoms with Gasteiger partial charge in [-0.15, -0.1) is 0 Å². The quantitative estimate of drug-likeness (QED) is 0.744. The van der Waals surface area contributed by atoms with Crippen molar-refractivity contribution in [1.82, 2.24) is 0 Å². The lowest BCUT2D eigenvalue weighted by Crippen LogP contribution is -2.30. The van der Waals surface area contributed by atoms with Gasteiger partial charge in [0, 0.05) is 19.2 Å². The van der Waals surface area contributed by atoms with E-state index < -0.39 is 5.97 Å². The molecule has 0 aromatic heterocycles. The van der Waals surface area contributed by atoms with Crippen molar-refractivity contribution in [2.24, 2.45) is 0 Å². The van der Waals surface area contributed by atoms with Crippen molar-refractivity contribution < 1.29 is 19.4 Å². The lowest BCUT2D eigenvalue weighted by Gasteiger charge is -2.23. The van der Waals surface area contributed by atoms with E-state index in [4.69, 9.17) is 9.84 Å². The van der Waals surface area contributed by atoms with Gasteiger partial charge in [0.05, 0.1) is 13.0 Å². The number of benzene rings is 1. The molecule has 0 unspecified atom stereocenters. The average Bonchev–Trinajstić information content (AvgIpc) is 2.34. The first kappa shape index (κ1) is 14.0. The number of nitrogens with zero attached hydrogens (tertiary/aromatic N) is 1. The zero-order valence-corrected chi connectivity index (χ0v) is 10.3. The first-order valence-corrected chi connectivity index (χ1v) is 5.74. The van der Waals surface area contributed by atoms with Gasteiger partial charge < -0.3 is 14.7 Å². The van der Waals surface area contributed by atoms with Crippen molar-refractivity contribution >= 4 is 17.6 Å². The molecule has 0 aliphatic heterocycles. The van der Waals surface area contributed by atoms with Crippen molar-refractivity contribution in [2.75, 3.05) is 24.6 Å². The van der Waals surface area contributed by atoms with E-state index in [0.717, 1.165) is 5.69 Å². The lowest BCUT2D eigenvalue weighted by molar-refractivity contribution is -0.141. The molecule has 1 rings (SSSR count). The van der Waals surface area contributed by atoms with E-state index in [1.165, 1.54) is 6.92 Å². The fourth-order valence-electron chi connectivity index (χ4n) is 1.54. The van der Waals surface area contributed by atoms with Crippen molar-refractivity contribution in [3.63, 3.8) is 0 Å². The molecule has 0 spiro atoms. The Labute approximate surface area is 106 Å². The molecule has 0 heterocycles. The highest BCUT2D eigenvalue weighted by atomic mass is 16.5. The Bertz CT molecular complexity index is 391. The second-order valence-electron chi connectivity index (χ2n) is 3.81. The summed E-state index contributed by atoms with van der Waals surface area (Å²) in [7, 11) is 0. The van der Waals surface area contributed by atoms with E-state index in [9.17, 15) is 9.59 Å². The first-order valence-electron chi connectivity index (χ1n) is 5.74. The molecule has 0 saturated heterocycles. The number of carboxylic acid groups (broad SMARTS) is 1. The van der Waals surface area contributed by atoms with Gasteiger partial charge in [-0.2, -0.15) is 0 Å². The summed E-state index contributed by atoms with van der Waals surface area (Å²) in [5.74, 6) is -1.18. The molecule has 0 saturated carbocycles. The molecule has 0 aliphatic carbocycles. The van der Waals surface area contributed by atoms with Crippen LogP contribution in [-0.2, 0) is 14.3 Å². The third kappa shape index (κ3) is 5.34. The van der Waals surface area contributed by atoms with E-state index >= 15 is 0 Å². The smallest absolute Gasteiger partial charge is 0.305 e. The molecule has 5 heteroatoms. The molecule has 1 N–H and O–H groups in total. The van der Waals surface area contributed by atoms with Crippen LogP contribution in [0.15, 0.2) is 30.3 Å². The number of anilines is 1. The fourth-order valence-corrected chi connectivity index (χ4v) is 1.54. The topological polar surface area (TPSA) is 66.8 Å². The summed E-state index contributed by atoms with van der Waals surface area (Å²) in [6, 6.07) is 9.46. The standard InChI is InChI=1S/C13H17NO4/c1-11(15)18-10-9-14(8-7-13(16)17)12-5-3-2-4-6-12/h2-6H,7-10H2,1H3,(H,16,17). The number of carboxylic acids is 1. The van der Waals surface area contributed by atoms with Crippen LogP contribution < -0.4 is 4.90 Å². The Balaban J connectivity index is 2.57. The van der Waals surface area contributed by atoms with Crippen LogP contribution in [0, 0.1) is 0 Å². The number of esters is 1. The van der Waals surface area contributed by atoms with Crippen LogP contribution in [0.4, 0.5) is 5.69 Å². The molecular formula is C13H17NO4. The summed E-state index contributed by atoms with van der Waals surface area (Å²) in [5.41, 5.74) is 0.922. The minimum atomic E-state index is -0.844. The number of aliphatic carboxylic acids is 1. The number of ether oxygens (including phenoxy) is 1. The molecule has 0 fully saturated rings. The highest BCUT2D eigenvalue weighted by Gasteiger charge is 2.08. The van der Waals surface area contributed by atoms with Gasteiger partial charge in [-0.3, -0.25) is 9.59 Å². The molecule has 0 atom stereocenters. The minimum Gasteiger partial charge on any atom is -0.481 e. The fraction of sp³-hybridized carbons (Fsp3) is 0.385. The van der Waals surface area contributed by atoms with Crippen LogP contribution in [0.5, 0.6) is 0 Å². The predicted octanol–water partition coefficient (Wildman–Crippen LogP) is 1.53. The van der Waals surface area contributed by atoms with Gasteiger partial charge in [-0.25, -0.2) is 0 Å². The van der Waals surface area contributed by atoms with E-state index in [1.54, 1.807) is 0 Å². The Hall–Kier alpha value is -2.04. The van der Waals surface area contributed by atoms with Crippen molar-refractivity contribution in [1.29, 1.82) is 0 Å². The molecule has 0 aliphatic rings. The maximum absolute atomic E-state index is 10.7. The SMILES string of the molecule is CC(=O)OCCN(CCC(=O)O)c1ccccc1. The van der Waals surface area contributed by atoms with Gasteiger partial charge in [-0.05, 0) is 12.1 Å².